The number of hydrogen-bond acceptors (Lipinski definition) is 11. The Labute approximate surface area is 180 Å². The van der Waals surface area contributed by atoms with Gasteiger partial charge in [0.15, 0.2) is 0 Å². The molecule has 1 atom stereocenters. The molecule has 0 radical (unpaired) electrons. The lowest BCUT2D eigenvalue weighted by Crippen LogP contribution is -2.50. The van der Waals surface area contributed by atoms with E-state index in [1.54, 1.807) is 20.8 Å². The summed E-state index contributed by atoms with van der Waals surface area (Å²) in [4.78, 5) is 36.8. The van der Waals surface area contributed by atoms with E-state index in [4.69, 9.17) is 42.6 Å². The molecule has 0 spiro atoms. The Hall–Kier alpha value is -0.456. The molecule has 1 unspecified atom stereocenters. The Bertz CT molecular complexity index is 475. The van der Waals surface area contributed by atoms with E-state index < -0.39 is 22.5 Å². The Balaban J connectivity index is 2.39. The lowest BCUT2D eigenvalue weighted by Gasteiger charge is -2.27. The van der Waals surface area contributed by atoms with Gasteiger partial charge >= 0.3 is 17.1 Å². The fourth-order valence-electron chi connectivity index (χ4n) is 2.65. The lowest BCUT2D eigenvalue weighted by atomic mass is 10.4. The molecule has 30 heavy (non-hydrogen) atoms. The molecular weight excluding hydrogens is 434 g/mol. The van der Waals surface area contributed by atoms with Crippen molar-refractivity contribution in [3.63, 3.8) is 0 Å². The quantitative estimate of drug-likeness (QED) is 0.0984. The highest BCUT2D eigenvalue weighted by molar-refractivity contribution is 6.76. The minimum atomic E-state index is -3.28. The molecule has 178 valence electrons. The zero-order valence-corrected chi connectivity index (χ0v) is 20.9. The van der Waals surface area contributed by atoms with Crippen molar-refractivity contribution < 1.29 is 47.4 Å². The lowest BCUT2D eigenvalue weighted by molar-refractivity contribution is -0.360. The maximum atomic E-state index is 11.5. The van der Waals surface area contributed by atoms with Crippen LogP contribution in [0.15, 0.2) is 0 Å². The summed E-state index contributed by atoms with van der Waals surface area (Å²) >= 11 is 0. The minimum absolute atomic E-state index is 0.309. The van der Waals surface area contributed by atoms with Crippen LogP contribution in [0, 0.1) is 0 Å². The van der Waals surface area contributed by atoms with Crippen LogP contribution in [0.3, 0.4) is 0 Å². The van der Waals surface area contributed by atoms with Crippen molar-refractivity contribution in [2.45, 2.75) is 71.5 Å². The van der Waals surface area contributed by atoms with Gasteiger partial charge in [-0.1, -0.05) is 0 Å². The topological polar surface area (TPSA) is 119 Å². The summed E-state index contributed by atoms with van der Waals surface area (Å²) in [6, 6.07) is 1.17. The first kappa shape index (κ1) is 27.6. The van der Waals surface area contributed by atoms with Crippen LogP contribution >= 0.6 is 0 Å². The molecule has 11 nitrogen and oxygen atoms in total. The molecule has 0 aromatic heterocycles. The van der Waals surface area contributed by atoms with Crippen molar-refractivity contribution in [2.24, 2.45) is 0 Å². The summed E-state index contributed by atoms with van der Waals surface area (Å²) < 4.78 is 21.7. The van der Waals surface area contributed by atoms with Crippen molar-refractivity contribution in [1.82, 2.24) is 5.32 Å². The van der Waals surface area contributed by atoms with E-state index in [0.717, 1.165) is 19.0 Å². The van der Waals surface area contributed by atoms with Gasteiger partial charge in [0.1, 0.15) is 0 Å². The molecule has 1 saturated heterocycles. The smallest absolute Gasteiger partial charge is 0.513 e. The van der Waals surface area contributed by atoms with Crippen LogP contribution in [0.4, 0.5) is 0 Å². The molecule has 1 aliphatic heterocycles. The molecule has 0 saturated carbocycles. The average Bonchev–Trinajstić information content (AvgIpc) is 3.46. The summed E-state index contributed by atoms with van der Waals surface area (Å²) in [5.41, 5.74) is -0.756. The SMILES string of the molecule is CCOO[Si](CCCNCCC[Si](C)(OC(C)=O)C1(C)OO1)(OOCC)OOCC. The molecule has 13 heteroatoms. The molecule has 0 aromatic carbocycles. The molecule has 0 aromatic rings. The highest BCUT2D eigenvalue weighted by Gasteiger charge is 2.64. The largest absolute Gasteiger partial charge is 0.584 e. The second-order valence-corrected chi connectivity index (χ2v) is 13.5. The van der Waals surface area contributed by atoms with Crippen LogP contribution in [0.1, 0.15) is 47.5 Å². The predicted octanol–water partition coefficient (Wildman–Crippen LogP) is 2.56. The van der Waals surface area contributed by atoms with Gasteiger partial charge < -0.3 is 9.74 Å². The molecular formula is C17H37NO10Si2. The van der Waals surface area contributed by atoms with Crippen LogP contribution < -0.4 is 5.32 Å². The van der Waals surface area contributed by atoms with E-state index >= 15 is 0 Å². The number of carbonyl (C=O) groups is 1. The summed E-state index contributed by atoms with van der Waals surface area (Å²) in [6.07, 6.45) is 1.52. The predicted molar refractivity (Wildman–Crippen MR) is 110 cm³/mol. The first-order chi connectivity index (χ1) is 14.3. The number of hydrogen-bond donors (Lipinski definition) is 1. The maximum Gasteiger partial charge on any atom is 0.584 e. The zero-order chi connectivity index (χ0) is 22.5. The van der Waals surface area contributed by atoms with E-state index in [2.05, 4.69) is 5.32 Å². The van der Waals surface area contributed by atoms with Gasteiger partial charge in [-0.15, -0.1) is 0 Å². The van der Waals surface area contributed by atoms with Gasteiger partial charge in [-0.3, -0.25) is 4.79 Å². The molecule has 1 N–H and O–H groups in total. The van der Waals surface area contributed by atoms with Crippen molar-refractivity contribution in [2.75, 3.05) is 32.9 Å². The first-order valence-corrected chi connectivity index (χ1v) is 15.0. The molecule has 0 aliphatic carbocycles. The van der Waals surface area contributed by atoms with Gasteiger partial charge in [0.25, 0.3) is 11.4 Å². The molecule has 0 bridgehead atoms. The van der Waals surface area contributed by atoms with Crippen molar-refractivity contribution in [3.8, 4) is 0 Å². The second kappa shape index (κ2) is 13.8. The van der Waals surface area contributed by atoms with E-state index in [1.807, 2.05) is 13.5 Å². The summed E-state index contributed by atoms with van der Waals surface area (Å²) in [7, 11) is -5.77. The Morgan fingerprint density at radius 1 is 0.900 bits per heavy atom. The molecule has 1 heterocycles. The van der Waals surface area contributed by atoms with Crippen molar-refractivity contribution >= 4 is 23.1 Å². The van der Waals surface area contributed by atoms with E-state index in [0.29, 0.717) is 38.8 Å². The van der Waals surface area contributed by atoms with Gasteiger partial charge in [0.2, 0.25) is 0 Å². The minimum Gasteiger partial charge on any atom is -0.513 e. The normalized spacial score (nSPS) is 17.5. The second-order valence-electron chi connectivity index (χ2n) is 7.05. The van der Waals surface area contributed by atoms with Gasteiger partial charge in [0.05, 0.1) is 19.8 Å². The first-order valence-electron chi connectivity index (χ1n) is 10.5. The summed E-state index contributed by atoms with van der Waals surface area (Å²) in [5.74, 6) is -0.309. The van der Waals surface area contributed by atoms with Gasteiger partial charge in [-0.2, -0.15) is 9.78 Å². The van der Waals surface area contributed by atoms with E-state index in [1.165, 1.54) is 6.92 Å². The van der Waals surface area contributed by atoms with Gasteiger partial charge in [-0.05, 0) is 66.2 Å². The van der Waals surface area contributed by atoms with Crippen molar-refractivity contribution in [3.05, 3.63) is 0 Å². The van der Waals surface area contributed by atoms with Crippen LogP contribution in [0.2, 0.25) is 18.6 Å². The van der Waals surface area contributed by atoms with Crippen LogP contribution in [-0.2, 0) is 47.4 Å². The third-order valence-electron chi connectivity index (χ3n) is 4.42. The molecule has 1 fully saturated rings. The third kappa shape index (κ3) is 9.36. The maximum absolute atomic E-state index is 11.5. The molecule has 1 rings (SSSR count). The zero-order valence-electron chi connectivity index (χ0n) is 18.9. The molecule has 0 amide bonds. The van der Waals surface area contributed by atoms with Crippen LogP contribution in [0.25, 0.3) is 0 Å². The summed E-state index contributed by atoms with van der Waals surface area (Å²) in [6.45, 7) is 13.0. The van der Waals surface area contributed by atoms with Gasteiger partial charge in [0, 0.05) is 13.0 Å². The fourth-order valence-corrected chi connectivity index (χ4v) is 7.10. The Morgan fingerprint density at radius 2 is 1.37 bits per heavy atom. The van der Waals surface area contributed by atoms with E-state index in [-0.39, 0.29) is 5.97 Å². The highest BCUT2D eigenvalue weighted by atomic mass is 28.4. The monoisotopic (exact) mass is 471 g/mol. The van der Waals surface area contributed by atoms with Gasteiger partial charge in [-0.25, -0.2) is 28.4 Å². The third-order valence-corrected chi connectivity index (χ3v) is 10.6. The van der Waals surface area contributed by atoms with E-state index in [9.17, 15) is 4.79 Å². The van der Waals surface area contributed by atoms with Crippen LogP contribution in [0.5, 0.6) is 0 Å². The summed E-state index contributed by atoms with van der Waals surface area (Å²) in [5, 5.41) is 3.36. The standard InChI is InChI=1S/C17H37NO10Si2/c1-7-20-26-30(27-21-8-2,28-22-9-3)15-11-13-18-12-10-14-29(6,23-16(4)19)17(5)24-25-17/h18H,7-15H2,1-6H3. The van der Waals surface area contributed by atoms with Crippen molar-refractivity contribution in [1.29, 1.82) is 0 Å². The number of carbonyl (C=O) groups excluding carboxylic acids is 1. The highest BCUT2D eigenvalue weighted by Crippen LogP contribution is 2.42. The Morgan fingerprint density at radius 3 is 1.77 bits per heavy atom. The molecule has 1 aliphatic rings. The fraction of sp³-hybridized carbons (Fsp3) is 0.941. The van der Waals surface area contributed by atoms with Crippen LogP contribution in [-0.4, -0.2) is 61.4 Å². The number of rotatable bonds is 19. The average molecular weight is 472 g/mol. The Kier molecular flexibility index (Phi) is 12.7. The number of nitrogens with one attached hydrogen (secondary N) is 1.